The Balaban J connectivity index is 1.51. The van der Waals surface area contributed by atoms with Crippen molar-refractivity contribution in [2.75, 3.05) is 18.8 Å². The minimum atomic E-state index is 0.0645. The first-order valence-corrected chi connectivity index (χ1v) is 7.77. The molecule has 104 valence electrons. The second-order valence-electron chi connectivity index (χ2n) is 5.00. The SMILES string of the molecule is O=C(c1cnc[nH]1)N1CC[C@H](CSc2ccccc2)C1. The zero-order valence-electron chi connectivity index (χ0n) is 11.2. The number of hydrogen-bond donors (Lipinski definition) is 1. The summed E-state index contributed by atoms with van der Waals surface area (Å²) in [6.07, 6.45) is 4.22. The van der Waals surface area contributed by atoms with Crippen LogP contribution in [0.4, 0.5) is 0 Å². The summed E-state index contributed by atoms with van der Waals surface area (Å²) in [5.41, 5.74) is 0.585. The normalized spacial score (nSPS) is 18.4. The van der Waals surface area contributed by atoms with Gasteiger partial charge >= 0.3 is 0 Å². The monoisotopic (exact) mass is 287 g/mol. The van der Waals surface area contributed by atoms with Gasteiger partial charge in [0, 0.05) is 23.7 Å². The number of H-pyrrole nitrogens is 1. The molecule has 1 fully saturated rings. The molecule has 1 amide bonds. The molecule has 1 aromatic heterocycles. The van der Waals surface area contributed by atoms with Gasteiger partial charge in [-0.05, 0) is 24.5 Å². The van der Waals surface area contributed by atoms with Crippen LogP contribution in [0.25, 0.3) is 0 Å². The third-order valence-corrected chi connectivity index (χ3v) is 4.77. The number of hydrogen-bond acceptors (Lipinski definition) is 3. The van der Waals surface area contributed by atoms with E-state index >= 15 is 0 Å². The number of aromatic nitrogens is 2. The molecular formula is C15H17N3OS. The number of carbonyl (C=O) groups excluding carboxylic acids is 1. The van der Waals surface area contributed by atoms with Crippen LogP contribution in [-0.4, -0.2) is 39.6 Å². The van der Waals surface area contributed by atoms with Gasteiger partial charge in [0.25, 0.3) is 5.91 Å². The fraction of sp³-hybridized carbons (Fsp3) is 0.333. The smallest absolute Gasteiger partial charge is 0.271 e. The summed E-state index contributed by atoms with van der Waals surface area (Å²) < 4.78 is 0. The second-order valence-corrected chi connectivity index (χ2v) is 6.09. The predicted molar refractivity (Wildman–Crippen MR) is 79.8 cm³/mol. The summed E-state index contributed by atoms with van der Waals surface area (Å²) in [4.78, 5) is 22.2. The molecule has 0 spiro atoms. The molecule has 0 unspecified atom stereocenters. The van der Waals surface area contributed by atoms with Crippen molar-refractivity contribution in [3.63, 3.8) is 0 Å². The first kappa shape index (κ1) is 13.2. The summed E-state index contributed by atoms with van der Waals surface area (Å²) >= 11 is 1.87. The third-order valence-electron chi connectivity index (χ3n) is 3.53. The Labute approximate surface area is 122 Å². The van der Waals surface area contributed by atoms with Crippen molar-refractivity contribution in [1.82, 2.24) is 14.9 Å². The first-order chi connectivity index (χ1) is 9.83. The van der Waals surface area contributed by atoms with Gasteiger partial charge in [0.1, 0.15) is 5.69 Å². The van der Waals surface area contributed by atoms with E-state index in [0.29, 0.717) is 11.6 Å². The van der Waals surface area contributed by atoms with Crippen LogP contribution in [0.5, 0.6) is 0 Å². The van der Waals surface area contributed by atoms with E-state index in [9.17, 15) is 4.79 Å². The highest BCUT2D eigenvalue weighted by molar-refractivity contribution is 7.99. The van der Waals surface area contributed by atoms with Gasteiger partial charge in [0.05, 0.1) is 12.5 Å². The zero-order valence-corrected chi connectivity index (χ0v) is 12.0. The average molecular weight is 287 g/mol. The average Bonchev–Trinajstić information content (AvgIpc) is 3.17. The molecule has 1 aromatic carbocycles. The molecule has 2 aromatic rings. The third kappa shape index (κ3) is 3.04. The van der Waals surface area contributed by atoms with Crippen molar-refractivity contribution in [3.05, 3.63) is 48.5 Å². The highest BCUT2D eigenvalue weighted by atomic mass is 32.2. The molecule has 1 aliphatic rings. The van der Waals surface area contributed by atoms with E-state index in [0.717, 1.165) is 25.3 Å². The van der Waals surface area contributed by atoms with Crippen molar-refractivity contribution in [2.24, 2.45) is 5.92 Å². The van der Waals surface area contributed by atoms with Gasteiger partial charge in [-0.25, -0.2) is 4.98 Å². The molecule has 1 atom stereocenters. The highest BCUT2D eigenvalue weighted by Crippen LogP contribution is 2.26. The summed E-state index contributed by atoms with van der Waals surface area (Å²) in [6.45, 7) is 1.69. The van der Waals surface area contributed by atoms with Crippen LogP contribution in [-0.2, 0) is 0 Å². The van der Waals surface area contributed by atoms with Crippen molar-refractivity contribution < 1.29 is 4.79 Å². The van der Waals surface area contributed by atoms with Crippen molar-refractivity contribution in [2.45, 2.75) is 11.3 Å². The van der Waals surface area contributed by atoms with Crippen molar-refractivity contribution in [3.8, 4) is 0 Å². The largest absolute Gasteiger partial charge is 0.341 e. The molecule has 5 heteroatoms. The maximum atomic E-state index is 12.2. The lowest BCUT2D eigenvalue weighted by Gasteiger charge is -2.15. The van der Waals surface area contributed by atoms with Gasteiger partial charge in [0.15, 0.2) is 0 Å². The van der Waals surface area contributed by atoms with Crippen molar-refractivity contribution in [1.29, 1.82) is 0 Å². The Hall–Kier alpha value is -1.75. The number of rotatable bonds is 4. The maximum Gasteiger partial charge on any atom is 0.271 e. The van der Waals surface area contributed by atoms with E-state index < -0.39 is 0 Å². The Morgan fingerprint density at radius 3 is 3.00 bits per heavy atom. The Bertz CT molecular complexity index is 556. The summed E-state index contributed by atoms with van der Waals surface area (Å²) in [6, 6.07) is 10.4. The van der Waals surface area contributed by atoms with Gasteiger partial charge in [-0.1, -0.05) is 18.2 Å². The molecule has 0 saturated carbocycles. The lowest BCUT2D eigenvalue weighted by Crippen LogP contribution is -2.29. The zero-order chi connectivity index (χ0) is 13.8. The molecule has 0 radical (unpaired) electrons. The lowest BCUT2D eigenvalue weighted by molar-refractivity contribution is 0.0783. The molecule has 2 heterocycles. The predicted octanol–water partition coefficient (Wildman–Crippen LogP) is 2.66. The fourth-order valence-corrected chi connectivity index (χ4v) is 3.48. The second kappa shape index (κ2) is 6.13. The first-order valence-electron chi connectivity index (χ1n) is 6.78. The van der Waals surface area contributed by atoms with Crippen molar-refractivity contribution >= 4 is 17.7 Å². The van der Waals surface area contributed by atoms with Crippen LogP contribution < -0.4 is 0 Å². The fourth-order valence-electron chi connectivity index (χ4n) is 2.43. The van der Waals surface area contributed by atoms with E-state index in [4.69, 9.17) is 0 Å². The molecule has 3 rings (SSSR count). The van der Waals surface area contributed by atoms with E-state index in [-0.39, 0.29) is 5.91 Å². The van der Waals surface area contributed by atoms with Gasteiger partial charge in [0.2, 0.25) is 0 Å². The Morgan fingerprint density at radius 2 is 2.25 bits per heavy atom. The van der Waals surface area contributed by atoms with Crippen LogP contribution >= 0.6 is 11.8 Å². The number of nitrogens with zero attached hydrogens (tertiary/aromatic N) is 2. The van der Waals surface area contributed by atoms with E-state index in [1.165, 1.54) is 4.90 Å². The van der Waals surface area contributed by atoms with E-state index in [2.05, 4.69) is 34.2 Å². The minimum absolute atomic E-state index is 0.0645. The quantitative estimate of drug-likeness (QED) is 0.880. The summed E-state index contributed by atoms with van der Waals surface area (Å²) in [7, 11) is 0. The van der Waals surface area contributed by atoms with Gasteiger partial charge < -0.3 is 9.88 Å². The van der Waals surface area contributed by atoms with Gasteiger partial charge in [-0.3, -0.25) is 4.79 Å². The molecule has 1 saturated heterocycles. The van der Waals surface area contributed by atoms with Crippen LogP contribution in [0.3, 0.4) is 0 Å². The van der Waals surface area contributed by atoms with Crippen LogP contribution in [0.2, 0.25) is 0 Å². The molecule has 4 nitrogen and oxygen atoms in total. The van der Waals surface area contributed by atoms with Crippen LogP contribution in [0, 0.1) is 5.92 Å². The number of carbonyl (C=O) groups is 1. The topological polar surface area (TPSA) is 49.0 Å². The van der Waals surface area contributed by atoms with Crippen LogP contribution in [0.1, 0.15) is 16.9 Å². The van der Waals surface area contributed by atoms with Gasteiger partial charge in [-0.2, -0.15) is 0 Å². The van der Waals surface area contributed by atoms with Gasteiger partial charge in [-0.15, -0.1) is 11.8 Å². The number of thioether (sulfide) groups is 1. The number of nitrogens with one attached hydrogen (secondary N) is 1. The molecule has 1 N–H and O–H groups in total. The molecule has 0 aliphatic carbocycles. The lowest BCUT2D eigenvalue weighted by atomic mass is 10.2. The molecular weight excluding hydrogens is 270 g/mol. The van der Waals surface area contributed by atoms with Crippen LogP contribution in [0.15, 0.2) is 47.8 Å². The number of aromatic amines is 1. The number of likely N-dealkylation sites (tertiary alicyclic amines) is 1. The van der Waals surface area contributed by atoms with E-state index in [1.54, 1.807) is 12.5 Å². The Kier molecular flexibility index (Phi) is 4.06. The Morgan fingerprint density at radius 1 is 1.40 bits per heavy atom. The molecule has 0 bridgehead atoms. The summed E-state index contributed by atoms with van der Waals surface area (Å²) in [5, 5.41) is 0. The van der Waals surface area contributed by atoms with E-state index in [1.807, 2.05) is 22.7 Å². The standard InChI is InChI=1S/C15H17N3OS/c19-15(14-8-16-11-17-14)18-7-6-12(9-18)10-20-13-4-2-1-3-5-13/h1-5,8,11-12H,6-7,9-10H2,(H,16,17)/t12-/m0/s1. The number of imidazole rings is 1. The number of amides is 1. The minimum Gasteiger partial charge on any atom is -0.341 e. The maximum absolute atomic E-state index is 12.2. The summed E-state index contributed by atoms with van der Waals surface area (Å²) in [5.74, 6) is 1.71. The molecule has 20 heavy (non-hydrogen) atoms. The molecule has 1 aliphatic heterocycles. The number of benzene rings is 1. The highest BCUT2D eigenvalue weighted by Gasteiger charge is 2.27.